The zero-order valence-electron chi connectivity index (χ0n) is 12.2. The minimum Gasteiger partial charge on any atom is -0.345 e. The van der Waals surface area contributed by atoms with E-state index in [1.54, 1.807) is 16.9 Å². The molecule has 1 aliphatic heterocycles. The lowest BCUT2D eigenvalue weighted by atomic mass is 10.0. The summed E-state index contributed by atoms with van der Waals surface area (Å²) in [5.41, 5.74) is 1.20. The van der Waals surface area contributed by atoms with Crippen LogP contribution in [-0.4, -0.2) is 33.6 Å². The van der Waals surface area contributed by atoms with Crippen molar-refractivity contribution in [3.05, 3.63) is 30.2 Å². The predicted molar refractivity (Wildman–Crippen MR) is 77.5 cm³/mol. The van der Waals surface area contributed by atoms with Gasteiger partial charge >= 0.3 is 0 Å². The number of hydrogen-bond donors (Lipinski definition) is 2. The fourth-order valence-corrected chi connectivity index (χ4v) is 3.52. The Morgan fingerprint density at radius 2 is 2.19 bits per heavy atom. The zero-order chi connectivity index (χ0) is 14.6. The molecule has 6 nitrogen and oxygen atoms in total. The summed E-state index contributed by atoms with van der Waals surface area (Å²) < 4.78 is 1.79. The van der Waals surface area contributed by atoms with Gasteiger partial charge in [0.15, 0.2) is 5.65 Å². The summed E-state index contributed by atoms with van der Waals surface area (Å²) in [5.74, 6) is 1.39. The highest BCUT2D eigenvalue weighted by Gasteiger charge is 2.57. The van der Waals surface area contributed by atoms with Crippen molar-refractivity contribution in [1.29, 1.82) is 0 Å². The van der Waals surface area contributed by atoms with Gasteiger partial charge in [-0.2, -0.15) is 5.10 Å². The Kier molecular flexibility index (Phi) is 2.60. The lowest BCUT2D eigenvalue weighted by molar-refractivity contribution is -0.124. The maximum atomic E-state index is 12.5. The Bertz CT molecular complexity index is 697. The summed E-state index contributed by atoms with van der Waals surface area (Å²) in [5, 5.41) is 10.8. The summed E-state index contributed by atoms with van der Waals surface area (Å²) in [4.78, 5) is 16.8. The summed E-state index contributed by atoms with van der Waals surface area (Å²) in [6, 6.07) is 3.77. The van der Waals surface area contributed by atoms with Crippen molar-refractivity contribution >= 4 is 11.6 Å². The van der Waals surface area contributed by atoms with Gasteiger partial charge in [-0.3, -0.25) is 4.79 Å². The first-order valence-electron chi connectivity index (χ1n) is 7.40. The third-order valence-corrected chi connectivity index (χ3v) is 4.75. The third kappa shape index (κ3) is 1.93. The van der Waals surface area contributed by atoms with E-state index in [0.29, 0.717) is 11.8 Å². The first-order chi connectivity index (χ1) is 10.1. The van der Waals surface area contributed by atoms with Crippen molar-refractivity contribution < 1.29 is 4.79 Å². The summed E-state index contributed by atoms with van der Waals surface area (Å²) in [6.45, 7) is 5.94. The first-order valence-corrected chi connectivity index (χ1v) is 7.40. The number of amides is 1. The molecular weight excluding hydrogens is 266 g/mol. The Morgan fingerprint density at radius 3 is 2.95 bits per heavy atom. The monoisotopic (exact) mass is 285 g/mol. The molecule has 0 radical (unpaired) electrons. The fourth-order valence-electron chi connectivity index (χ4n) is 3.52. The maximum Gasteiger partial charge on any atom is 0.224 e. The normalized spacial score (nSPS) is 27.6. The van der Waals surface area contributed by atoms with Gasteiger partial charge in [0.25, 0.3) is 0 Å². The second kappa shape index (κ2) is 4.27. The molecule has 21 heavy (non-hydrogen) atoms. The molecule has 2 aromatic heterocycles. The van der Waals surface area contributed by atoms with Gasteiger partial charge in [-0.05, 0) is 50.9 Å². The van der Waals surface area contributed by atoms with E-state index < -0.39 is 5.54 Å². The lowest BCUT2D eigenvalue weighted by Crippen LogP contribution is -2.44. The summed E-state index contributed by atoms with van der Waals surface area (Å²) >= 11 is 0. The van der Waals surface area contributed by atoms with Gasteiger partial charge in [0.2, 0.25) is 5.91 Å². The Labute approximate surface area is 122 Å². The number of carbonyl (C=O) groups excluding carboxylic acids is 1. The van der Waals surface area contributed by atoms with Crippen LogP contribution in [0.25, 0.3) is 5.65 Å². The van der Waals surface area contributed by atoms with Gasteiger partial charge in [-0.1, -0.05) is 0 Å². The van der Waals surface area contributed by atoms with Crippen LogP contribution in [0, 0.1) is 17.8 Å². The van der Waals surface area contributed by atoms with E-state index in [2.05, 4.69) is 20.7 Å². The van der Waals surface area contributed by atoms with Crippen molar-refractivity contribution in [2.24, 2.45) is 17.8 Å². The highest BCUT2D eigenvalue weighted by Crippen LogP contribution is 2.49. The van der Waals surface area contributed by atoms with Crippen LogP contribution in [0.15, 0.2) is 24.5 Å². The average molecular weight is 285 g/mol. The smallest absolute Gasteiger partial charge is 0.224 e. The minimum atomic E-state index is -0.491. The fraction of sp³-hybridized carbons (Fsp3) is 0.533. The van der Waals surface area contributed by atoms with Crippen LogP contribution in [0.3, 0.4) is 0 Å². The van der Waals surface area contributed by atoms with Crippen LogP contribution < -0.4 is 10.6 Å². The van der Waals surface area contributed by atoms with Crippen LogP contribution in [0.5, 0.6) is 0 Å². The van der Waals surface area contributed by atoms with Gasteiger partial charge in [0.05, 0.1) is 17.4 Å². The Morgan fingerprint density at radius 1 is 1.43 bits per heavy atom. The van der Waals surface area contributed by atoms with Crippen molar-refractivity contribution in [2.75, 3.05) is 13.1 Å². The van der Waals surface area contributed by atoms with Gasteiger partial charge in [0, 0.05) is 12.1 Å². The summed E-state index contributed by atoms with van der Waals surface area (Å²) in [6.07, 6.45) is 3.52. The van der Waals surface area contributed by atoms with Crippen LogP contribution in [0.2, 0.25) is 0 Å². The van der Waals surface area contributed by atoms with E-state index in [1.165, 1.54) is 0 Å². The van der Waals surface area contributed by atoms with Crippen molar-refractivity contribution in [3.8, 4) is 0 Å². The standard InChI is InChI=1S/C15H19N5O/c1-15(2,11-8-17-12-4-3-5-18-20(11)12)19-14(21)13-9-6-16-7-10(9)13/h3-5,8-10,13,16H,6-7H2,1-2H3,(H,19,21)/t9-,10?,13+/m0/s1. The lowest BCUT2D eigenvalue weighted by Gasteiger charge is -2.26. The molecule has 2 N–H and O–H groups in total. The van der Waals surface area contributed by atoms with E-state index in [0.717, 1.165) is 24.4 Å². The molecule has 1 aliphatic carbocycles. The number of nitrogens with one attached hydrogen (secondary N) is 2. The predicted octanol–water partition coefficient (Wildman–Crippen LogP) is 0.546. The Balaban J connectivity index is 1.57. The molecule has 0 aromatic carbocycles. The largest absolute Gasteiger partial charge is 0.345 e. The van der Waals surface area contributed by atoms with E-state index in [4.69, 9.17) is 0 Å². The second-order valence-corrected chi connectivity index (χ2v) is 6.56. The van der Waals surface area contributed by atoms with Crippen LogP contribution in [-0.2, 0) is 10.3 Å². The molecule has 1 saturated heterocycles. The molecule has 1 unspecified atom stereocenters. The number of fused-ring (bicyclic) bond motifs is 2. The van der Waals surface area contributed by atoms with E-state index in [-0.39, 0.29) is 11.8 Å². The molecule has 3 atom stereocenters. The van der Waals surface area contributed by atoms with Gasteiger partial charge in [-0.25, -0.2) is 9.50 Å². The molecule has 0 bridgehead atoms. The van der Waals surface area contributed by atoms with E-state index >= 15 is 0 Å². The maximum absolute atomic E-state index is 12.5. The number of piperidine rings is 1. The van der Waals surface area contributed by atoms with Crippen LogP contribution in [0.4, 0.5) is 0 Å². The van der Waals surface area contributed by atoms with Crippen LogP contribution >= 0.6 is 0 Å². The van der Waals surface area contributed by atoms with Crippen molar-refractivity contribution in [2.45, 2.75) is 19.4 Å². The van der Waals surface area contributed by atoms with Crippen LogP contribution in [0.1, 0.15) is 19.5 Å². The van der Waals surface area contributed by atoms with Gasteiger partial charge in [0.1, 0.15) is 0 Å². The molecule has 0 spiro atoms. The number of carbonyl (C=O) groups is 1. The molecule has 4 rings (SSSR count). The zero-order valence-corrected chi connectivity index (χ0v) is 12.2. The highest BCUT2D eigenvalue weighted by atomic mass is 16.2. The molecular formula is C15H19N5O. The van der Waals surface area contributed by atoms with Gasteiger partial charge in [-0.15, -0.1) is 0 Å². The third-order valence-electron chi connectivity index (χ3n) is 4.75. The average Bonchev–Trinajstić information content (AvgIpc) is 2.82. The van der Waals surface area contributed by atoms with E-state index in [9.17, 15) is 4.79 Å². The van der Waals surface area contributed by atoms with Crippen molar-refractivity contribution in [1.82, 2.24) is 25.2 Å². The summed E-state index contributed by atoms with van der Waals surface area (Å²) in [7, 11) is 0. The SMILES string of the molecule is CC(C)(NC(=O)[C@H]1C2CNC[C@@H]21)c1cnc2cccnn12. The van der Waals surface area contributed by atoms with Gasteiger partial charge < -0.3 is 10.6 Å². The number of rotatable bonds is 3. The number of imidazole rings is 1. The second-order valence-electron chi connectivity index (χ2n) is 6.56. The molecule has 110 valence electrons. The molecule has 2 aliphatic rings. The first kappa shape index (κ1) is 12.8. The topological polar surface area (TPSA) is 71.3 Å². The highest BCUT2D eigenvalue weighted by molar-refractivity contribution is 5.83. The Hall–Kier alpha value is -1.95. The number of aromatic nitrogens is 3. The van der Waals surface area contributed by atoms with E-state index in [1.807, 2.05) is 26.0 Å². The molecule has 1 amide bonds. The molecule has 2 fully saturated rings. The molecule has 1 saturated carbocycles. The number of hydrogen-bond acceptors (Lipinski definition) is 4. The molecule has 3 heterocycles. The molecule has 2 aromatic rings. The van der Waals surface area contributed by atoms with Crippen molar-refractivity contribution in [3.63, 3.8) is 0 Å². The minimum absolute atomic E-state index is 0.155. The number of nitrogens with zero attached hydrogens (tertiary/aromatic N) is 3. The quantitative estimate of drug-likeness (QED) is 0.864. The molecule has 6 heteroatoms.